The van der Waals surface area contributed by atoms with Crippen molar-refractivity contribution in [3.05, 3.63) is 71.4 Å². The van der Waals surface area contributed by atoms with Crippen molar-refractivity contribution >= 4 is 23.4 Å². The number of piperazine rings is 1. The highest BCUT2D eigenvalue weighted by molar-refractivity contribution is 6.30. The number of nitrogens with zero attached hydrogens (tertiary/aromatic N) is 4. The summed E-state index contributed by atoms with van der Waals surface area (Å²) in [6, 6.07) is 18.8. The van der Waals surface area contributed by atoms with Crippen molar-refractivity contribution in [2.45, 2.75) is 6.92 Å². The quantitative estimate of drug-likeness (QED) is 0.666. The zero-order valence-electron chi connectivity index (χ0n) is 16.1. The normalized spacial score (nSPS) is 14.1. The van der Waals surface area contributed by atoms with E-state index in [1.807, 2.05) is 48.5 Å². The first-order valence-electron chi connectivity index (χ1n) is 9.49. The van der Waals surface area contributed by atoms with Crippen LogP contribution in [0, 0.1) is 0 Å². The van der Waals surface area contributed by atoms with E-state index in [0.717, 1.165) is 16.9 Å². The molecule has 0 unspecified atom stereocenters. The minimum atomic E-state index is -0.108. The van der Waals surface area contributed by atoms with Crippen LogP contribution in [0.1, 0.15) is 17.4 Å². The number of carbonyl (C=O) groups is 2. The van der Waals surface area contributed by atoms with E-state index in [0.29, 0.717) is 36.9 Å². The van der Waals surface area contributed by atoms with Crippen molar-refractivity contribution in [1.29, 1.82) is 0 Å². The van der Waals surface area contributed by atoms with Gasteiger partial charge in [0, 0.05) is 43.7 Å². The van der Waals surface area contributed by atoms with Gasteiger partial charge in [-0.2, -0.15) is 5.10 Å². The zero-order valence-corrected chi connectivity index (χ0v) is 16.8. The SMILES string of the molecule is CC(=O)N1CCN(C(=O)c2cc(-c3ccccc3)nn2-c2cccc(Cl)c2)CC1. The molecule has 1 fully saturated rings. The maximum atomic E-state index is 13.3. The Bertz CT molecular complexity index is 1040. The molecule has 0 spiro atoms. The molecule has 0 saturated carbocycles. The molecule has 7 heteroatoms. The lowest BCUT2D eigenvalue weighted by molar-refractivity contribution is -0.130. The highest BCUT2D eigenvalue weighted by Gasteiger charge is 2.27. The van der Waals surface area contributed by atoms with Crippen LogP contribution in [0.5, 0.6) is 0 Å². The lowest BCUT2D eigenvalue weighted by atomic mass is 10.1. The standard InChI is InChI=1S/C22H21ClN4O2/c1-16(28)25-10-12-26(13-11-25)22(29)21-15-20(17-6-3-2-4-7-17)24-27(21)19-9-5-8-18(23)14-19/h2-9,14-15H,10-13H2,1H3. The van der Waals surface area contributed by atoms with Gasteiger partial charge in [-0.15, -0.1) is 0 Å². The Balaban J connectivity index is 1.70. The Hall–Kier alpha value is -3.12. The number of halogens is 1. The van der Waals surface area contributed by atoms with Gasteiger partial charge in [0.05, 0.1) is 11.4 Å². The Morgan fingerprint density at radius 3 is 2.24 bits per heavy atom. The molecule has 2 heterocycles. The van der Waals surface area contributed by atoms with E-state index in [2.05, 4.69) is 0 Å². The van der Waals surface area contributed by atoms with Crippen LogP contribution < -0.4 is 0 Å². The summed E-state index contributed by atoms with van der Waals surface area (Å²) in [6.45, 7) is 3.63. The Labute approximate surface area is 174 Å². The van der Waals surface area contributed by atoms with Gasteiger partial charge < -0.3 is 9.80 Å². The van der Waals surface area contributed by atoms with Crippen molar-refractivity contribution < 1.29 is 9.59 Å². The summed E-state index contributed by atoms with van der Waals surface area (Å²) in [5.74, 6) is -0.0738. The summed E-state index contributed by atoms with van der Waals surface area (Å²) in [4.78, 5) is 28.4. The maximum absolute atomic E-state index is 13.3. The second-order valence-corrected chi connectivity index (χ2v) is 7.41. The van der Waals surface area contributed by atoms with E-state index < -0.39 is 0 Å². The average molecular weight is 409 g/mol. The van der Waals surface area contributed by atoms with Gasteiger partial charge in [-0.25, -0.2) is 4.68 Å². The van der Waals surface area contributed by atoms with Crippen LogP contribution in [-0.4, -0.2) is 57.6 Å². The first-order chi connectivity index (χ1) is 14.0. The van der Waals surface area contributed by atoms with Crippen LogP contribution in [0.25, 0.3) is 16.9 Å². The fourth-order valence-corrected chi connectivity index (χ4v) is 3.66. The molecule has 29 heavy (non-hydrogen) atoms. The monoisotopic (exact) mass is 408 g/mol. The Kier molecular flexibility index (Phi) is 5.36. The van der Waals surface area contributed by atoms with Crippen molar-refractivity contribution in [2.24, 2.45) is 0 Å². The van der Waals surface area contributed by atoms with Crippen LogP contribution in [0.2, 0.25) is 5.02 Å². The summed E-state index contributed by atoms with van der Waals surface area (Å²) in [5.41, 5.74) is 2.85. The fraction of sp³-hybridized carbons (Fsp3) is 0.227. The molecule has 4 rings (SSSR count). The minimum absolute atomic E-state index is 0.0347. The number of carbonyl (C=O) groups excluding carboxylic acids is 2. The predicted molar refractivity (Wildman–Crippen MR) is 112 cm³/mol. The van der Waals surface area contributed by atoms with E-state index in [1.165, 1.54) is 0 Å². The molecule has 2 aromatic carbocycles. The summed E-state index contributed by atoms with van der Waals surface area (Å²) in [5, 5.41) is 5.27. The van der Waals surface area contributed by atoms with Crippen molar-refractivity contribution in [1.82, 2.24) is 19.6 Å². The Morgan fingerprint density at radius 1 is 0.897 bits per heavy atom. The second-order valence-electron chi connectivity index (χ2n) is 6.97. The first kappa shape index (κ1) is 19.2. The number of hydrogen-bond acceptors (Lipinski definition) is 3. The lowest BCUT2D eigenvalue weighted by Gasteiger charge is -2.34. The molecule has 1 aliphatic heterocycles. The third-order valence-electron chi connectivity index (χ3n) is 5.06. The summed E-state index contributed by atoms with van der Waals surface area (Å²) >= 11 is 6.17. The molecular formula is C22H21ClN4O2. The van der Waals surface area contributed by atoms with Gasteiger partial charge in [0.15, 0.2) is 0 Å². The van der Waals surface area contributed by atoms with E-state index in [4.69, 9.17) is 16.7 Å². The van der Waals surface area contributed by atoms with Gasteiger partial charge in [-0.1, -0.05) is 48.0 Å². The molecule has 0 N–H and O–H groups in total. The van der Waals surface area contributed by atoms with Crippen LogP contribution in [0.4, 0.5) is 0 Å². The maximum Gasteiger partial charge on any atom is 0.272 e. The molecule has 6 nitrogen and oxygen atoms in total. The lowest BCUT2D eigenvalue weighted by Crippen LogP contribution is -2.50. The van der Waals surface area contributed by atoms with E-state index >= 15 is 0 Å². The Morgan fingerprint density at radius 2 is 1.59 bits per heavy atom. The second kappa shape index (κ2) is 8.09. The molecule has 148 valence electrons. The smallest absolute Gasteiger partial charge is 0.272 e. The first-order valence-corrected chi connectivity index (χ1v) is 9.87. The molecule has 1 aromatic heterocycles. The van der Waals surface area contributed by atoms with Crippen LogP contribution >= 0.6 is 11.6 Å². The number of amides is 2. The van der Waals surface area contributed by atoms with E-state index in [9.17, 15) is 9.59 Å². The molecule has 1 aliphatic rings. The minimum Gasteiger partial charge on any atom is -0.339 e. The van der Waals surface area contributed by atoms with Crippen molar-refractivity contribution in [3.63, 3.8) is 0 Å². The van der Waals surface area contributed by atoms with E-state index in [-0.39, 0.29) is 11.8 Å². The predicted octanol–water partition coefficient (Wildman–Crippen LogP) is 3.50. The molecule has 0 radical (unpaired) electrons. The number of benzene rings is 2. The summed E-state index contributed by atoms with van der Waals surface area (Å²) in [7, 11) is 0. The fourth-order valence-electron chi connectivity index (χ4n) is 3.47. The van der Waals surface area contributed by atoms with Gasteiger partial charge in [0.25, 0.3) is 5.91 Å². The highest BCUT2D eigenvalue weighted by atomic mass is 35.5. The molecular weight excluding hydrogens is 388 g/mol. The van der Waals surface area contributed by atoms with Crippen LogP contribution in [0.15, 0.2) is 60.7 Å². The number of aromatic nitrogens is 2. The van der Waals surface area contributed by atoms with Gasteiger partial charge in [-0.3, -0.25) is 9.59 Å². The van der Waals surface area contributed by atoms with E-state index in [1.54, 1.807) is 33.5 Å². The number of hydrogen-bond donors (Lipinski definition) is 0. The van der Waals surface area contributed by atoms with Crippen LogP contribution in [0.3, 0.4) is 0 Å². The van der Waals surface area contributed by atoms with Crippen molar-refractivity contribution in [2.75, 3.05) is 26.2 Å². The van der Waals surface area contributed by atoms with Crippen LogP contribution in [-0.2, 0) is 4.79 Å². The third-order valence-corrected chi connectivity index (χ3v) is 5.30. The van der Waals surface area contributed by atoms with Gasteiger partial charge >= 0.3 is 0 Å². The van der Waals surface area contributed by atoms with Gasteiger partial charge in [0.2, 0.25) is 5.91 Å². The molecule has 0 aliphatic carbocycles. The third kappa shape index (κ3) is 4.03. The van der Waals surface area contributed by atoms with Crippen molar-refractivity contribution in [3.8, 4) is 16.9 Å². The molecule has 0 atom stereocenters. The summed E-state index contributed by atoms with van der Waals surface area (Å²) in [6.07, 6.45) is 0. The molecule has 3 aromatic rings. The number of rotatable bonds is 3. The largest absolute Gasteiger partial charge is 0.339 e. The average Bonchev–Trinajstić information content (AvgIpc) is 3.19. The topological polar surface area (TPSA) is 58.4 Å². The molecule has 1 saturated heterocycles. The van der Waals surface area contributed by atoms with Gasteiger partial charge in [0.1, 0.15) is 5.69 Å². The van der Waals surface area contributed by atoms with Gasteiger partial charge in [-0.05, 0) is 24.3 Å². The molecule has 2 amide bonds. The molecule has 0 bridgehead atoms. The highest BCUT2D eigenvalue weighted by Crippen LogP contribution is 2.24. The zero-order chi connectivity index (χ0) is 20.4. The summed E-state index contributed by atoms with van der Waals surface area (Å²) < 4.78 is 1.65.